The molecule has 1 N–H and O–H groups in total. The van der Waals surface area contributed by atoms with Gasteiger partial charge in [0.25, 0.3) is 0 Å². The monoisotopic (exact) mass is 302 g/mol. The highest BCUT2D eigenvalue weighted by molar-refractivity contribution is 7.15. The van der Waals surface area contributed by atoms with Gasteiger partial charge in [0, 0.05) is 30.0 Å². The van der Waals surface area contributed by atoms with Gasteiger partial charge in [-0.2, -0.15) is 0 Å². The molecule has 0 aliphatic carbocycles. The van der Waals surface area contributed by atoms with E-state index in [4.69, 9.17) is 10.1 Å². The van der Waals surface area contributed by atoms with E-state index in [9.17, 15) is 4.79 Å². The molecular formula is C16H18N2O2S. The second-order valence-electron chi connectivity index (χ2n) is 5.30. The number of nitrogens with zero attached hydrogens (tertiary/aromatic N) is 2. The molecule has 3 rings (SSSR count). The van der Waals surface area contributed by atoms with Gasteiger partial charge in [-0.05, 0) is 25.1 Å². The molecule has 0 saturated carbocycles. The largest absolute Gasteiger partial charge is 0.478 e. The van der Waals surface area contributed by atoms with Gasteiger partial charge in [-0.25, -0.2) is 9.78 Å². The number of rotatable bonds is 4. The fraction of sp³-hybridized carbons (Fsp3) is 0.375. The minimum atomic E-state index is -0.896. The van der Waals surface area contributed by atoms with Crippen LogP contribution in [0.15, 0.2) is 24.3 Å². The minimum Gasteiger partial charge on any atom is -0.478 e. The molecule has 1 aliphatic rings. The van der Waals surface area contributed by atoms with Crippen molar-refractivity contribution in [3.63, 3.8) is 0 Å². The molecule has 0 bridgehead atoms. The third-order valence-electron chi connectivity index (χ3n) is 3.71. The minimum absolute atomic E-state index is 0.313. The van der Waals surface area contributed by atoms with Gasteiger partial charge in [0.15, 0.2) is 0 Å². The van der Waals surface area contributed by atoms with Crippen LogP contribution in [0, 0.1) is 0 Å². The van der Waals surface area contributed by atoms with Crippen molar-refractivity contribution in [3.8, 4) is 10.6 Å². The topological polar surface area (TPSA) is 53.4 Å². The molecule has 2 aromatic rings. The highest BCUT2D eigenvalue weighted by Gasteiger charge is 2.20. The first-order valence-corrected chi connectivity index (χ1v) is 8.03. The van der Waals surface area contributed by atoms with Crippen LogP contribution in [-0.2, 0) is 13.0 Å². The maximum Gasteiger partial charge on any atom is 0.335 e. The summed E-state index contributed by atoms with van der Waals surface area (Å²) in [6.45, 7) is 5.37. The van der Waals surface area contributed by atoms with E-state index in [2.05, 4.69) is 11.8 Å². The number of carbonyl (C=O) groups is 1. The molecule has 1 aromatic heterocycles. The molecule has 4 nitrogen and oxygen atoms in total. The lowest BCUT2D eigenvalue weighted by Gasteiger charge is -2.25. The van der Waals surface area contributed by atoms with E-state index >= 15 is 0 Å². The number of hydrogen-bond donors (Lipinski definition) is 1. The molecule has 5 heteroatoms. The lowest BCUT2D eigenvalue weighted by atomic mass is 10.1. The molecule has 2 heterocycles. The lowest BCUT2D eigenvalue weighted by molar-refractivity contribution is 0.0697. The van der Waals surface area contributed by atoms with Crippen LogP contribution in [0.4, 0.5) is 0 Å². The number of thiazole rings is 1. The van der Waals surface area contributed by atoms with Crippen molar-refractivity contribution < 1.29 is 9.90 Å². The Morgan fingerprint density at radius 3 is 3.10 bits per heavy atom. The van der Waals surface area contributed by atoms with Crippen molar-refractivity contribution in [1.29, 1.82) is 0 Å². The van der Waals surface area contributed by atoms with Gasteiger partial charge in [-0.1, -0.05) is 19.1 Å². The predicted molar refractivity (Wildman–Crippen MR) is 83.8 cm³/mol. The van der Waals surface area contributed by atoms with E-state index in [0.717, 1.165) is 36.6 Å². The first-order valence-electron chi connectivity index (χ1n) is 7.22. The van der Waals surface area contributed by atoms with E-state index in [1.807, 2.05) is 6.07 Å². The van der Waals surface area contributed by atoms with Gasteiger partial charge in [0.2, 0.25) is 0 Å². The smallest absolute Gasteiger partial charge is 0.335 e. The predicted octanol–water partition coefficient (Wildman–Crippen LogP) is 3.28. The maximum absolute atomic E-state index is 11.1. The normalized spacial score (nSPS) is 14.9. The molecule has 1 aliphatic heterocycles. The van der Waals surface area contributed by atoms with Crippen LogP contribution in [-0.4, -0.2) is 34.0 Å². The van der Waals surface area contributed by atoms with Crippen molar-refractivity contribution in [2.45, 2.75) is 26.3 Å². The van der Waals surface area contributed by atoms with Crippen LogP contribution < -0.4 is 0 Å². The second kappa shape index (κ2) is 5.95. The van der Waals surface area contributed by atoms with Gasteiger partial charge in [0.1, 0.15) is 5.01 Å². The Kier molecular flexibility index (Phi) is 4.03. The van der Waals surface area contributed by atoms with Crippen molar-refractivity contribution in [1.82, 2.24) is 9.88 Å². The number of aromatic carboxylic acids is 1. The number of hydrogen-bond acceptors (Lipinski definition) is 4. The zero-order valence-corrected chi connectivity index (χ0v) is 12.8. The second-order valence-corrected chi connectivity index (χ2v) is 6.38. The molecule has 0 amide bonds. The fourth-order valence-electron chi connectivity index (χ4n) is 2.66. The Morgan fingerprint density at radius 2 is 2.33 bits per heavy atom. The lowest BCUT2D eigenvalue weighted by Crippen LogP contribution is -2.30. The Bertz CT molecular complexity index is 666. The highest BCUT2D eigenvalue weighted by atomic mass is 32.1. The third kappa shape index (κ3) is 2.99. The Labute approximate surface area is 128 Å². The Morgan fingerprint density at radius 1 is 1.48 bits per heavy atom. The Balaban J connectivity index is 1.88. The number of carboxylic acid groups (broad SMARTS) is 1. The van der Waals surface area contributed by atoms with E-state index in [1.165, 1.54) is 17.0 Å². The SMILES string of the molecule is CCCN1CCc2nc(-c3cccc(C(=O)O)c3)sc2C1. The van der Waals surface area contributed by atoms with E-state index in [-0.39, 0.29) is 0 Å². The zero-order chi connectivity index (χ0) is 14.8. The molecule has 0 spiro atoms. The molecular weight excluding hydrogens is 284 g/mol. The van der Waals surface area contributed by atoms with E-state index in [1.54, 1.807) is 29.5 Å². The van der Waals surface area contributed by atoms with Crippen LogP contribution in [0.5, 0.6) is 0 Å². The van der Waals surface area contributed by atoms with Crippen molar-refractivity contribution in [2.75, 3.05) is 13.1 Å². The number of benzene rings is 1. The molecule has 0 atom stereocenters. The van der Waals surface area contributed by atoms with Gasteiger partial charge >= 0.3 is 5.97 Å². The quantitative estimate of drug-likeness (QED) is 0.941. The maximum atomic E-state index is 11.1. The molecule has 0 unspecified atom stereocenters. The van der Waals surface area contributed by atoms with Crippen LogP contribution >= 0.6 is 11.3 Å². The number of fused-ring (bicyclic) bond motifs is 1. The molecule has 0 fully saturated rings. The summed E-state index contributed by atoms with van der Waals surface area (Å²) in [4.78, 5) is 19.6. The third-order valence-corrected chi connectivity index (χ3v) is 4.84. The first-order chi connectivity index (χ1) is 10.2. The number of carboxylic acids is 1. The molecule has 21 heavy (non-hydrogen) atoms. The molecule has 0 radical (unpaired) electrons. The Hall–Kier alpha value is -1.72. The van der Waals surface area contributed by atoms with E-state index in [0.29, 0.717) is 5.56 Å². The zero-order valence-electron chi connectivity index (χ0n) is 12.0. The summed E-state index contributed by atoms with van der Waals surface area (Å²) in [5.41, 5.74) is 2.40. The van der Waals surface area contributed by atoms with Crippen LogP contribution in [0.1, 0.15) is 34.3 Å². The fourth-order valence-corrected chi connectivity index (χ4v) is 3.81. The summed E-state index contributed by atoms with van der Waals surface area (Å²) in [6, 6.07) is 7.03. The van der Waals surface area contributed by atoms with Gasteiger partial charge in [0.05, 0.1) is 11.3 Å². The van der Waals surface area contributed by atoms with Crippen molar-refractivity contribution in [3.05, 3.63) is 40.4 Å². The van der Waals surface area contributed by atoms with Crippen LogP contribution in [0.25, 0.3) is 10.6 Å². The standard InChI is InChI=1S/C16H18N2O2S/c1-2-7-18-8-6-13-14(10-18)21-15(17-13)11-4-3-5-12(9-11)16(19)20/h3-5,9H,2,6-8,10H2,1H3,(H,19,20). The molecule has 110 valence electrons. The summed E-state index contributed by atoms with van der Waals surface area (Å²) >= 11 is 1.69. The van der Waals surface area contributed by atoms with Crippen molar-refractivity contribution in [2.24, 2.45) is 0 Å². The van der Waals surface area contributed by atoms with Crippen LogP contribution in [0.2, 0.25) is 0 Å². The highest BCUT2D eigenvalue weighted by Crippen LogP contribution is 2.32. The van der Waals surface area contributed by atoms with Crippen molar-refractivity contribution >= 4 is 17.3 Å². The number of aromatic nitrogens is 1. The van der Waals surface area contributed by atoms with Gasteiger partial charge in [-0.3, -0.25) is 4.90 Å². The molecule has 0 saturated heterocycles. The summed E-state index contributed by atoms with van der Waals surface area (Å²) < 4.78 is 0. The average molecular weight is 302 g/mol. The van der Waals surface area contributed by atoms with Gasteiger partial charge < -0.3 is 5.11 Å². The summed E-state index contributed by atoms with van der Waals surface area (Å²) in [7, 11) is 0. The van der Waals surface area contributed by atoms with Gasteiger partial charge in [-0.15, -0.1) is 11.3 Å². The summed E-state index contributed by atoms with van der Waals surface area (Å²) in [5, 5.41) is 10.0. The summed E-state index contributed by atoms with van der Waals surface area (Å²) in [6.07, 6.45) is 2.16. The van der Waals surface area contributed by atoms with E-state index < -0.39 is 5.97 Å². The molecule has 1 aromatic carbocycles. The van der Waals surface area contributed by atoms with Crippen LogP contribution in [0.3, 0.4) is 0 Å². The average Bonchev–Trinajstić information content (AvgIpc) is 2.91. The summed E-state index contributed by atoms with van der Waals surface area (Å²) in [5.74, 6) is -0.896. The first kappa shape index (κ1) is 14.2.